The smallest absolute Gasteiger partial charge is 0.417 e. The van der Waals surface area contributed by atoms with E-state index in [1.54, 1.807) is 36.1 Å². The van der Waals surface area contributed by atoms with Crippen LogP contribution < -0.4 is 15.0 Å². The highest BCUT2D eigenvalue weighted by Gasteiger charge is 2.46. The summed E-state index contributed by atoms with van der Waals surface area (Å²) in [6, 6.07) is 15.3. The highest BCUT2D eigenvalue weighted by atomic mass is 32.2. The number of halogens is 3. The van der Waals surface area contributed by atoms with Crippen LogP contribution in [-0.4, -0.2) is 33.9 Å². The van der Waals surface area contributed by atoms with Crippen LogP contribution in [0.15, 0.2) is 65.6 Å². The molecule has 40 heavy (non-hydrogen) atoms. The minimum absolute atomic E-state index is 0.0108. The summed E-state index contributed by atoms with van der Waals surface area (Å²) >= 11 is 0. The summed E-state index contributed by atoms with van der Waals surface area (Å²) in [6.07, 6.45) is -0.867. The second-order valence-corrected chi connectivity index (χ2v) is 12.7. The fraction of sp³-hybridized carbons (Fsp3) is 0.367. The molecule has 0 radical (unpaired) electrons. The lowest BCUT2D eigenvalue weighted by atomic mass is 9.79. The predicted molar refractivity (Wildman–Crippen MR) is 147 cm³/mol. The van der Waals surface area contributed by atoms with E-state index in [1.165, 1.54) is 31.4 Å². The molecule has 2 aliphatic rings. The molecule has 1 fully saturated rings. The summed E-state index contributed by atoms with van der Waals surface area (Å²) in [5, 5.41) is 2.92. The Morgan fingerprint density at radius 2 is 1.73 bits per heavy atom. The number of hydrogen-bond donors (Lipinski definition) is 1. The molecule has 5 rings (SSSR count). The molecule has 6 nitrogen and oxygen atoms in total. The second-order valence-electron chi connectivity index (χ2n) is 10.4. The number of hydrogen-bond acceptors (Lipinski definition) is 4. The van der Waals surface area contributed by atoms with Gasteiger partial charge >= 0.3 is 12.2 Å². The highest BCUT2D eigenvalue weighted by Crippen LogP contribution is 2.52. The van der Waals surface area contributed by atoms with Crippen molar-refractivity contribution in [3.8, 4) is 16.9 Å². The van der Waals surface area contributed by atoms with Gasteiger partial charge in [-0.2, -0.15) is 13.2 Å². The number of sulfone groups is 1. The van der Waals surface area contributed by atoms with Gasteiger partial charge in [0.1, 0.15) is 5.75 Å². The van der Waals surface area contributed by atoms with Crippen molar-refractivity contribution in [2.75, 3.05) is 24.3 Å². The van der Waals surface area contributed by atoms with Crippen molar-refractivity contribution in [2.24, 2.45) is 0 Å². The van der Waals surface area contributed by atoms with E-state index in [4.69, 9.17) is 4.74 Å². The zero-order valence-electron chi connectivity index (χ0n) is 22.3. The molecule has 1 N–H and O–H groups in total. The molecule has 3 aromatic carbocycles. The Hall–Kier alpha value is -3.53. The maximum atomic E-state index is 14.0. The van der Waals surface area contributed by atoms with Crippen molar-refractivity contribution in [1.82, 2.24) is 5.32 Å². The molecule has 0 unspecified atom stereocenters. The Balaban J connectivity index is 1.43. The standard InChI is InChI=1S/C30H31F3N2O4S/c1-3-40(37,38)23-10-6-20(7-11-23)18-34-28(36)35-19-29(14-4-5-15-29)26-16-21(8-13-27(26)35)24-12-9-22(39-2)17-25(24)30(31,32)33/h6-13,16-17H,3-5,14-15,18-19H2,1-2H3,(H,34,36). The second kappa shape index (κ2) is 10.5. The molecule has 1 heterocycles. The van der Waals surface area contributed by atoms with Crippen molar-refractivity contribution in [1.29, 1.82) is 0 Å². The summed E-state index contributed by atoms with van der Waals surface area (Å²) in [7, 11) is -1.97. The third kappa shape index (κ3) is 5.16. The molecule has 1 saturated carbocycles. The van der Waals surface area contributed by atoms with Gasteiger partial charge in [0, 0.05) is 24.2 Å². The van der Waals surface area contributed by atoms with E-state index in [2.05, 4.69) is 5.32 Å². The van der Waals surface area contributed by atoms with E-state index < -0.39 is 21.6 Å². The maximum Gasteiger partial charge on any atom is 0.417 e. The van der Waals surface area contributed by atoms with Gasteiger partial charge in [-0.05, 0) is 71.5 Å². The van der Waals surface area contributed by atoms with E-state index in [0.717, 1.165) is 42.9 Å². The summed E-state index contributed by atoms with van der Waals surface area (Å²) in [5.74, 6) is 0.144. The van der Waals surface area contributed by atoms with Gasteiger partial charge in [-0.3, -0.25) is 4.90 Å². The van der Waals surface area contributed by atoms with Crippen LogP contribution in [0, 0.1) is 0 Å². The highest BCUT2D eigenvalue weighted by molar-refractivity contribution is 7.91. The first-order chi connectivity index (χ1) is 19.0. The van der Waals surface area contributed by atoms with Gasteiger partial charge in [-0.1, -0.05) is 44.0 Å². The minimum atomic E-state index is -4.56. The normalized spacial score (nSPS) is 16.3. The maximum absolute atomic E-state index is 14.0. The number of anilines is 1. The Morgan fingerprint density at radius 1 is 1.02 bits per heavy atom. The molecule has 3 aromatic rings. The van der Waals surface area contributed by atoms with Gasteiger partial charge < -0.3 is 10.1 Å². The van der Waals surface area contributed by atoms with Crippen molar-refractivity contribution in [3.05, 3.63) is 77.4 Å². The molecule has 0 saturated heterocycles. The number of fused-ring (bicyclic) bond motifs is 2. The summed E-state index contributed by atoms with van der Waals surface area (Å²) < 4.78 is 71.1. The van der Waals surface area contributed by atoms with Gasteiger partial charge in [0.05, 0.1) is 23.3 Å². The number of nitrogens with zero attached hydrogens (tertiary/aromatic N) is 1. The van der Waals surface area contributed by atoms with Gasteiger partial charge in [0.15, 0.2) is 9.84 Å². The van der Waals surface area contributed by atoms with Crippen LogP contribution in [0.1, 0.15) is 49.3 Å². The molecule has 0 bridgehead atoms. The van der Waals surface area contributed by atoms with Gasteiger partial charge in [-0.15, -0.1) is 0 Å². The molecule has 0 atom stereocenters. The first kappa shape index (κ1) is 28.0. The van der Waals surface area contributed by atoms with Crippen molar-refractivity contribution in [2.45, 2.75) is 55.6 Å². The molecular formula is C30H31F3N2O4S. The SMILES string of the molecule is CCS(=O)(=O)c1ccc(CNC(=O)N2CC3(CCCC3)c3cc(-c4ccc(OC)cc4C(F)(F)F)ccc32)cc1. The van der Waals surface area contributed by atoms with Gasteiger partial charge in [0.25, 0.3) is 0 Å². The summed E-state index contributed by atoms with van der Waals surface area (Å²) in [4.78, 5) is 15.3. The van der Waals surface area contributed by atoms with E-state index >= 15 is 0 Å². The number of amides is 2. The van der Waals surface area contributed by atoms with Gasteiger partial charge in [0.2, 0.25) is 0 Å². The van der Waals surface area contributed by atoms with Crippen LogP contribution in [0.3, 0.4) is 0 Å². The summed E-state index contributed by atoms with van der Waals surface area (Å²) in [5.41, 5.74) is 1.81. The Labute approximate surface area is 232 Å². The van der Waals surface area contributed by atoms with Crippen molar-refractivity contribution >= 4 is 21.6 Å². The lowest BCUT2D eigenvalue weighted by Gasteiger charge is -2.25. The number of benzene rings is 3. The Morgan fingerprint density at radius 3 is 2.35 bits per heavy atom. The topological polar surface area (TPSA) is 75.7 Å². The third-order valence-corrected chi connectivity index (χ3v) is 9.83. The van der Waals surface area contributed by atoms with Crippen LogP contribution in [0.5, 0.6) is 5.75 Å². The average molecular weight is 573 g/mol. The number of nitrogens with one attached hydrogen (secondary N) is 1. The lowest BCUT2D eigenvalue weighted by molar-refractivity contribution is -0.137. The molecule has 0 aromatic heterocycles. The largest absolute Gasteiger partial charge is 0.497 e. The summed E-state index contributed by atoms with van der Waals surface area (Å²) in [6.45, 7) is 2.26. The Bertz CT molecular complexity index is 1530. The number of urea groups is 1. The van der Waals surface area contributed by atoms with Crippen molar-refractivity contribution in [3.63, 3.8) is 0 Å². The number of alkyl halides is 3. The predicted octanol–water partition coefficient (Wildman–Crippen LogP) is 6.72. The molecule has 1 aliphatic carbocycles. The average Bonchev–Trinajstić information content (AvgIpc) is 3.56. The monoisotopic (exact) mass is 572 g/mol. The Kier molecular flexibility index (Phi) is 7.33. The van der Waals surface area contributed by atoms with E-state index in [-0.39, 0.29) is 40.0 Å². The van der Waals surface area contributed by atoms with Crippen LogP contribution in [0.25, 0.3) is 11.1 Å². The number of ether oxygens (including phenoxy) is 1. The van der Waals surface area contributed by atoms with Crippen LogP contribution in [0.4, 0.5) is 23.7 Å². The number of carbonyl (C=O) groups is 1. The first-order valence-electron chi connectivity index (χ1n) is 13.2. The van der Waals surface area contributed by atoms with Crippen LogP contribution in [0.2, 0.25) is 0 Å². The molecule has 1 spiro atoms. The zero-order valence-corrected chi connectivity index (χ0v) is 23.2. The third-order valence-electron chi connectivity index (χ3n) is 8.07. The fourth-order valence-corrected chi connectivity index (χ4v) is 6.77. The lowest BCUT2D eigenvalue weighted by Crippen LogP contribution is -2.41. The first-order valence-corrected chi connectivity index (χ1v) is 14.9. The molecule has 212 valence electrons. The minimum Gasteiger partial charge on any atom is -0.497 e. The van der Waals surface area contributed by atoms with E-state index in [0.29, 0.717) is 17.8 Å². The van der Waals surface area contributed by atoms with Crippen molar-refractivity contribution < 1.29 is 31.1 Å². The zero-order chi connectivity index (χ0) is 28.7. The number of rotatable bonds is 6. The number of methoxy groups -OCH3 is 1. The molecular weight excluding hydrogens is 541 g/mol. The molecule has 10 heteroatoms. The van der Waals surface area contributed by atoms with Crippen LogP contribution >= 0.6 is 0 Å². The van der Waals surface area contributed by atoms with E-state index in [9.17, 15) is 26.4 Å². The van der Waals surface area contributed by atoms with Crippen LogP contribution in [-0.2, 0) is 28.0 Å². The van der Waals surface area contributed by atoms with Gasteiger partial charge in [-0.25, -0.2) is 13.2 Å². The quantitative estimate of drug-likeness (QED) is 0.356. The number of carbonyl (C=O) groups excluding carboxylic acids is 1. The van der Waals surface area contributed by atoms with E-state index in [1.807, 2.05) is 6.07 Å². The fourth-order valence-electron chi connectivity index (χ4n) is 5.89. The molecule has 2 amide bonds. The molecule has 1 aliphatic heterocycles.